The minimum atomic E-state index is -0.369. The van der Waals surface area contributed by atoms with Gasteiger partial charge in [-0.2, -0.15) is 0 Å². The van der Waals surface area contributed by atoms with Crippen molar-refractivity contribution in [3.63, 3.8) is 0 Å². The normalized spacial score (nSPS) is 10.2. The molecule has 0 spiro atoms. The van der Waals surface area contributed by atoms with Crippen molar-refractivity contribution in [2.75, 3.05) is 20.3 Å². The summed E-state index contributed by atoms with van der Waals surface area (Å²) in [4.78, 5) is 29.4. The summed E-state index contributed by atoms with van der Waals surface area (Å²) in [6.45, 7) is 0.480. The van der Waals surface area contributed by atoms with Gasteiger partial charge in [0.2, 0.25) is 0 Å². The molecule has 1 heterocycles. The zero-order valence-electron chi connectivity index (χ0n) is 13.9. The van der Waals surface area contributed by atoms with Gasteiger partial charge in [0.25, 0.3) is 5.91 Å². The molecule has 0 saturated heterocycles. The van der Waals surface area contributed by atoms with Crippen LogP contribution in [0.4, 0.5) is 0 Å². The van der Waals surface area contributed by atoms with E-state index in [0.29, 0.717) is 17.3 Å². The van der Waals surface area contributed by atoms with Gasteiger partial charge in [-0.3, -0.25) is 14.6 Å². The molecular formula is C18H19ClN2O4. The lowest BCUT2D eigenvalue weighted by atomic mass is 10.2. The molecule has 0 radical (unpaired) electrons. The lowest BCUT2D eigenvalue weighted by Gasteiger charge is -2.22. The summed E-state index contributed by atoms with van der Waals surface area (Å²) in [5.41, 5.74) is 0.916. The average Bonchev–Trinajstić information content (AvgIpc) is 2.64. The van der Waals surface area contributed by atoms with E-state index in [0.717, 1.165) is 5.56 Å². The smallest absolute Gasteiger partial charge is 0.307 e. The molecule has 0 saturated carbocycles. The van der Waals surface area contributed by atoms with Gasteiger partial charge in [-0.05, 0) is 42.0 Å². The van der Waals surface area contributed by atoms with Crippen molar-refractivity contribution in [1.82, 2.24) is 9.88 Å². The molecule has 132 valence electrons. The lowest BCUT2D eigenvalue weighted by Crippen LogP contribution is -2.36. The molecule has 0 bridgehead atoms. The average molecular weight is 363 g/mol. The number of rotatable bonds is 8. The van der Waals surface area contributed by atoms with Crippen molar-refractivity contribution in [2.45, 2.75) is 13.0 Å². The molecule has 0 unspecified atom stereocenters. The van der Waals surface area contributed by atoms with Crippen LogP contribution in [-0.2, 0) is 20.9 Å². The van der Waals surface area contributed by atoms with Gasteiger partial charge >= 0.3 is 5.97 Å². The number of ether oxygens (including phenoxy) is 2. The molecule has 1 aromatic carbocycles. The highest BCUT2D eigenvalue weighted by atomic mass is 35.5. The monoisotopic (exact) mass is 362 g/mol. The molecule has 7 heteroatoms. The Morgan fingerprint density at radius 1 is 1.12 bits per heavy atom. The van der Waals surface area contributed by atoms with Gasteiger partial charge in [0, 0.05) is 30.5 Å². The van der Waals surface area contributed by atoms with Gasteiger partial charge in [-0.15, -0.1) is 0 Å². The number of pyridine rings is 1. The first-order valence-corrected chi connectivity index (χ1v) is 8.08. The molecule has 2 rings (SSSR count). The third-order valence-electron chi connectivity index (χ3n) is 3.46. The standard InChI is InChI=1S/C18H19ClN2O4/c1-24-18(23)8-11-21(12-14-6-9-20-10-7-14)17(22)13-25-16-4-2-15(19)3-5-16/h2-7,9-10H,8,11-13H2,1H3. The Balaban J connectivity index is 1.97. The largest absolute Gasteiger partial charge is 0.484 e. The molecule has 0 N–H and O–H groups in total. The first-order chi connectivity index (χ1) is 12.1. The Kier molecular flexibility index (Phi) is 7.22. The summed E-state index contributed by atoms with van der Waals surface area (Å²) < 4.78 is 10.1. The number of hydrogen-bond acceptors (Lipinski definition) is 5. The third kappa shape index (κ3) is 6.43. The molecule has 2 aromatic rings. The van der Waals surface area contributed by atoms with Crippen LogP contribution in [0.15, 0.2) is 48.8 Å². The first-order valence-electron chi connectivity index (χ1n) is 7.70. The van der Waals surface area contributed by atoms with E-state index in [9.17, 15) is 9.59 Å². The molecule has 25 heavy (non-hydrogen) atoms. The Hall–Kier alpha value is -2.60. The molecule has 0 aliphatic heterocycles. The van der Waals surface area contributed by atoms with E-state index in [1.165, 1.54) is 7.11 Å². The van der Waals surface area contributed by atoms with Crippen molar-refractivity contribution in [3.05, 3.63) is 59.4 Å². The van der Waals surface area contributed by atoms with E-state index >= 15 is 0 Å². The van der Waals surface area contributed by atoms with Crippen LogP contribution < -0.4 is 4.74 Å². The molecule has 0 aliphatic carbocycles. The number of carbonyl (C=O) groups is 2. The van der Waals surface area contributed by atoms with Gasteiger partial charge < -0.3 is 14.4 Å². The van der Waals surface area contributed by atoms with Gasteiger partial charge in [-0.1, -0.05) is 11.6 Å². The topological polar surface area (TPSA) is 68.7 Å². The fourth-order valence-corrected chi connectivity index (χ4v) is 2.22. The molecule has 0 fully saturated rings. The zero-order valence-corrected chi connectivity index (χ0v) is 14.6. The fourth-order valence-electron chi connectivity index (χ4n) is 2.10. The second-order valence-electron chi connectivity index (χ2n) is 5.24. The Morgan fingerprint density at radius 2 is 1.80 bits per heavy atom. The van der Waals surface area contributed by atoms with Gasteiger partial charge in [0.05, 0.1) is 13.5 Å². The highest BCUT2D eigenvalue weighted by Crippen LogP contribution is 2.15. The predicted molar refractivity (Wildman–Crippen MR) is 93.2 cm³/mol. The predicted octanol–water partition coefficient (Wildman–Crippen LogP) is 2.71. The summed E-state index contributed by atoms with van der Waals surface area (Å²) in [6, 6.07) is 10.4. The van der Waals surface area contributed by atoms with Crippen molar-refractivity contribution in [2.24, 2.45) is 0 Å². The highest BCUT2D eigenvalue weighted by Gasteiger charge is 2.16. The van der Waals surface area contributed by atoms with Crippen LogP contribution in [0.5, 0.6) is 5.75 Å². The van der Waals surface area contributed by atoms with Crippen LogP contribution in [0.25, 0.3) is 0 Å². The molecule has 0 atom stereocenters. The van der Waals surface area contributed by atoms with Crippen molar-refractivity contribution < 1.29 is 19.1 Å². The SMILES string of the molecule is COC(=O)CCN(Cc1ccncc1)C(=O)COc1ccc(Cl)cc1. The molecule has 6 nitrogen and oxygen atoms in total. The Morgan fingerprint density at radius 3 is 2.44 bits per heavy atom. The number of hydrogen-bond donors (Lipinski definition) is 0. The molecule has 1 aromatic heterocycles. The zero-order chi connectivity index (χ0) is 18.1. The maximum atomic E-state index is 12.5. The van der Waals surface area contributed by atoms with Crippen molar-refractivity contribution in [1.29, 1.82) is 0 Å². The van der Waals surface area contributed by atoms with E-state index < -0.39 is 0 Å². The van der Waals surface area contributed by atoms with Gasteiger partial charge in [0.15, 0.2) is 6.61 Å². The Bertz CT molecular complexity index is 692. The quantitative estimate of drug-likeness (QED) is 0.675. The van der Waals surface area contributed by atoms with Crippen LogP contribution in [0, 0.1) is 0 Å². The minimum absolute atomic E-state index is 0.119. The first kappa shape index (κ1) is 18.7. The van der Waals surface area contributed by atoms with Gasteiger partial charge in [0.1, 0.15) is 5.75 Å². The number of esters is 1. The van der Waals surface area contributed by atoms with E-state index in [-0.39, 0.29) is 31.4 Å². The fraction of sp³-hybridized carbons (Fsp3) is 0.278. The number of methoxy groups -OCH3 is 1. The molecule has 0 aliphatic rings. The van der Waals surface area contributed by atoms with Crippen LogP contribution in [0.3, 0.4) is 0 Å². The van der Waals surface area contributed by atoms with Crippen LogP contribution in [0.1, 0.15) is 12.0 Å². The summed E-state index contributed by atoms with van der Waals surface area (Å²) in [5.74, 6) is -0.0450. The van der Waals surface area contributed by atoms with E-state index in [4.69, 9.17) is 16.3 Å². The van der Waals surface area contributed by atoms with Crippen molar-refractivity contribution >= 4 is 23.5 Å². The van der Waals surface area contributed by atoms with Crippen LogP contribution in [0.2, 0.25) is 5.02 Å². The maximum Gasteiger partial charge on any atom is 0.307 e. The summed E-state index contributed by atoms with van der Waals surface area (Å²) >= 11 is 5.82. The van der Waals surface area contributed by atoms with Gasteiger partial charge in [-0.25, -0.2) is 0 Å². The second kappa shape index (κ2) is 9.64. The summed E-state index contributed by atoms with van der Waals surface area (Å²) in [5, 5.41) is 0.594. The molecular weight excluding hydrogens is 344 g/mol. The number of nitrogens with zero attached hydrogens (tertiary/aromatic N) is 2. The maximum absolute atomic E-state index is 12.5. The second-order valence-corrected chi connectivity index (χ2v) is 5.68. The summed E-state index contributed by atoms with van der Waals surface area (Å²) in [7, 11) is 1.32. The highest BCUT2D eigenvalue weighted by molar-refractivity contribution is 6.30. The number of amides is 1. The summed E-state index contributed by atoms with van der Waals surface area (Å²) in [6.07, 6.45) is 3.43. The van der Waals surface area contributed by atoms with E-state index in [1.807, 2.05) is 12.1 Å². The Labute approximate surface area is 151 Å². The number of benzene rings is 1. The lowest BCUT2D eigenvalue weighted by molar-refractivity contribution is -0.142. The van der Waals surface area contributed by atoms with Crippen molar-refractivity contribution in [3.8, 4) is 5.75 Å². The number of halogens is 1. The third-order valence-corrected chi connectivity index (χ3v) is 3.72. The van der Waals surface area contributed by atoms with E-state index in [2.05, 4.69) is 9.72 Å². The van der Waals surface area contributed by atoms with Crippen LogP contribution >= 0.6 is 11.6 Å². The molecule has 1 amide bonds. The number of carbonyl (C=O) groups excluding carboxylic acids is 2. The number of aromatic nitrogens is 1. The van der Waals surface area contributed by atoms with Crippen LogP contribution in [-0.4, -0.2) is 42.0 Å². The minimum Gasteiger partial charge on any atom is -0.484 e. The van der Waals surface area contributed by atoms with E-state index in [1.54, 1.807) is 41.6 Å².